The van der Waals surface area contributed by atoms with Crippen molar-refractivity contribution in [3.63, 3.8) is 0 Å². The maximum atomic E-state index is 12.5. The van der Waals surface area contributed by atoms with Gasteiger partial charge in [-0.2, -0.15) is 0 Å². The van der Waals surface area contributed by atoms with E-state index in [0.29, 0.717) is 6.54 Å². The first-order valence-corrected chi connectivity index (χ1v) is 9.11. The topological polar surface area (TPSA) is 38.8 Å². The molecule has 1 aromatic carbocycles. The van der Waals surface area contributed by atoms with Crippen LogP contribution in [-0.4, -0.2) is 67.0 Å². The third kappa shape index (κ3) is 4.48. The highest BCUT2D eigenvalue weighted by atomic mass is 16.2. The molecule has 0 aromatic heterocycles. The van der Waals surface area contributed by atoms with Crippen molar-refractivity contribution in [3.05, 3.63) is 35.4 Å². The molecule has 0 bridgehead atoms. The zero-order valence-corrected chi connectivity index (χ0v) is 15.0. The number of carbonyl (C=O) groups excluding carboxylic acids is 1. The van der Waals surface area contributed by atoms with Gasteiger partial charge in [0.15, 0.2) is 0 Å². The Labute approximate surface area is 145 Å². The van der Waals surface area contributed by atoms with Crippen molar-refractivity contribution in [2.45, 2.75) is 38.4 Å². The molecule has 5 heteroatoms. The van der Waals surface area contributed by atoms with E-state index in [2.05, 4.69) is 46.4 Å². The molecule has 1 aromatic rings. The van der Waals surface area contributed by atoms with Crippen LogP contribution >= 0.6 is 0 Å². The van der Waals surface area contributed by atoms with Gasteiger partial charge in [-0.05, 0) is 57.1 Å². The van der Waals surface area contributed by atoms with Gasteiger partial charge in [0.2, 0.25) is 0 Å². The van der Waals surface area contributed by atoms with E-state index in [1.54, 1.807) is 4.90 Å². The number of amides is 2. The number of urea groups is 1. The van der Waals surface area contributed by atoms with Crippen molar-refractivity contribution < 1.29 is 4.79 Å². The largest absolute Gasteiger partial charge is 0.334 e. The van der Waals surface area contributed by atoms with E-state index in [0.717, 1.165) is 26.1 Å². The molecule has 24 heavy (non-hydrogen) atoms. The molecule has 2 aliphatic heterocycles. The van der Waals surface area contributed by atoms with Crippen LogP contribution in [0.3, 0.4) is 0 Å². The molecule has 0 aliphatic carbocycles. The molecule has 1 atom stereocenters. The number of nitrogens with zero attached hydrogens (tertiary/aromatic N) is 3. The van der Waals surface area contributed by atoms with Gasteiger partial charge in [-0.3, -0.25) is 4.90 Å². The monoisotopic (exact) mass is 330 g/mol. The first kappa shape index (κ1) is 17.2. The van der Waals surface area contributed by atoms with Gasteiger partial charge >= 0.3 is 6.03 Å². The van der Waals surface area contributed by atoms with Crippen LogP contribution in [0.1, 0.15) is 30.4 Å². The molecule has 2 fully saturated rings. The molecule has 2 saturated heterocycles. The number of hydrogen-bond donors (Lipinski definition) is 1. The van der Waals surface area contributed by atoms with Crippen LogP contribution in [0.4, 0.5) is 4.79 Å². The van der Waals surface area contributed by atoms with Crippen LogP contribution in [0.15, 0.2) is 24.3 Å². The standard InChI is InChI=1S/C19H30N4O/c1-21-12-9-18(15-21)20-19(24)22(2)13-16-7-3-4-8-17(16)14-23-10-5-6-11-23/h3-4,7-8,18H,5-6,9-15H2,1-2H3,(H,20,24). The normalized spacial score (nSPS) is 22.0. The summed E-state index contributed by atoms with van der Waals surface area (Å²) in [5, 5.41) is 3.16. The lowest BCUT2D eigenvalue weighted by Gasteiger charge is -2.23. The molecule has 0 radical (unpaired) electrons. The predicted octanol–water partition coefficient (Wildman–Crippen LogP) is 2.13. The van der Waals surface area contributed by atoms with Crippen LogP contribution in [0.25, 0.3) is 0 Å². The van der Waals surface area contributed by atoms with Gasteiger partial charge in [0, 0.05) is 32.7 Å². The van der Waals surface area contributed by atoms with Crippen molar-refractivity contribution in [3.8, 4) is 0 Å². The molecule has 2 heterocycles. The Balaban J connectivity index is 1.57. The zero-order valence-electron chi connectivity index (χ0n) is 15.0. The fourth-order valence-electron chi connectivity index (χ4n) is 3.71. The lowest BCUT2D eigenvalue weighted by Crippen LogP contribution is -2.43. The summed E-state index contributed by atoms with van der Waals surface area (Å²) in [4.78, 5) is 19.0. The Hall–Kier alpha value is -1.59. The molecular weight excluding hydrogens is 300 g/mol. The molecule has 3 rings (SSSR count). The third-order valence-electron chi connectivity index (χ3n) is 5.18. The van der Waals surface area contributed by atoms with Gasteiger partial charge in [0.25, 0.3) is 0 Å². The van der Waals surface area contributed by atoms with Gasteiger partial charge in [0.05, 0.1) is 0 Å². The second-order valence-corrected chi connectivity index (χ2v) is 7.31. The molecule has 1 N–H and O–H groups in total. The molecule has 1 unspecified atom stereocenters. The maximum absolute atomic E-state index is 12.5. The van der Waals surface area contributed by atoms with E-state index in [-0.39, 0.29) is 12.1 Å². The zero-order chi connectivity index (χ0) is 16.9. The minimum absolute atomic E-state index is 0.0336. The first-order valence-electron chi connectivity index (χ1n) is 9.11. The molecule has 0 spiro atoms. The van der Waals surface area contributed by atoms with E-state index in [1.807, 2.05) is 7.05 Å². The molecule has 2 aliphatic rings. The second-order valence-electron chi connectivity index (χ2n) is 7.31. The van der Waals surface area contributed by atoms with E-state index in [9.17, 15) is 4.79 Å². The summed E-state index contributed by atoms with van der Waals surface area (Å²) in [5.74, 6) is 0. The molecule has 5 nitrogen and oxygen atoms in total. The van der Waals surface area contributed by atoms with Crippen LogP contribution in [-0.2, 0) is 13.1 Å². The van der Waals surface area contributed by atoms with Crippen molar-refractivity contribution in [2.75, 3.05) is 40.3 Å². The van der Waals surface area contributed by atoms with Gasteiger partial charge in [-0.15, -0.1) is 0 Å². The fraction of sp³-hybridized carbons (Fsp3) is 0.632. The molecule has 0 saturated carbocycles. The Bertz CT molecular complexity index is 556. The summed E-state index contributed by atoms with van der Waals surface area (Å²) in [6.07, 6.45) is 3.66. The highest BCUT2D eigenvalue weighted by molar-refractivity contribution is 5.74. The van der Waals surface area contributed by atoms with E-state index < -0.39 is 0 Å². The molecule has 2 amide bonds. The lowest BCUT2D eigenvalue weighted by molar-refractivity contribution is 0.202. The molecular formula is C19H30N4O. The van der Waals surface area contributed by atoms with Gasteiger partial charge in [0.1, 0.15) is 0 Å². The Morgan fingerprint density at radius 1 is 1.21 bits per heavy atom. The maximum Gasteiger partial charge on any atom is 0.317 e. The highest BCUT2D eigenvalue weighted by Gasteiger charge is 2.23. The summed E-state index contributed by atoms with van der Waals surface area (Å²) < 4.78 is 0. The minimum atomic E-state index is 0.0336. The van der Waals surface area contributed by atoms with E-state index in [4.69, 9.17) is 0 Å². The Kier molecular flexibility index (Phi) is 5.74. The second kappa shape index (κ2) is 7.99. The average molecular weight is 330 g/mol. The SMILES string of the molecule is CN1CCC(NC(=O)N(C)Cc2ccccc2CN2CCCC2)C1. The van der Waals surface area contributed by atoms with Crippen LogP contribution in [0.2, 0.25) is 0 Å². The number of carbonyl (C=O) groups is 1. The predicted molar refractivity (Wildman–Crippen MR) is 96.9 cm³/mol. The van der Waals surface area contributed by atoms with Gasteiger partial charge in [-0.1, -0.05) is 24.3 Å². The van der Waals surface area contributed by atoms with Crippen molar-refractivity contribution in [1.82, 2.24) is 20.0 Å². The summed E-state index contributed by atoms with van der Waals surface area (Å²) in [5.41, 5.74) is 2.60. The summed E-state index contributed by atoms with van der Waals surface area (Å²) in [7, 11) is 3.99. The van der Waals surface area contributed by atoms with Gasteiger partial charge in [-0.25, -0.2) is 4.79 Å². The number of likely N-dealkylation sites (tertiary alicyclic amines) is 2. The van der Waals surface area contributed by atoms with Crippen LogP contribution in [0.5, 0.6) is 0 Å². The Morgan fingerprint density at radius 2 is 1.92 bits per heavy atom. The van der Waals surface area contributed by atoms with E-state index in [1.165, 1.54) is 37.1 Å². The summed E-state index contributed by atoms with van der Waals surface area (Å²) in [6, 6.07) is 8.84. The number of rotatable bonds is 5. The first-order chi connectivity index (χ1) is 11.6. The number of benzene rings is 1. The van der Waals surface area contributed by atoms with Crippen molar-refractivity contribution in [2.24, 2.45) is 0 Å². The van der Waals surface area contributed by atoms with E-state index >= 15 is 0 Å². The van der Waals surface area contributed by atoms with Crippen LogP contribution in [0, 0.1) is 0 Å². The quantitative estimate of drug-likeness (QED) is 0.899. The average Bonchev–Trinajstić information content (AvgIpc) is 3.21. The molecule has 132 valence electrons. The summed E-state index contributed by atoms with van der Waals surface area (Å²) >= 11 is 0. The van der Waals surface area contributed by atoms with Crippen molar-refractivity contribution in [1.29, 1.82) is 0 Å². The third-order valence-corrected chi connectivity index (χ3v) is 5.18. The lowest BCUT2D eigenvalue weighted by atomic mass is 10.1. The number of hydrogen-bond acceptors (Lipinski definition) is 3. The summed E-state index contributed by atoms with van der Waals surface area (Å²) in [6.45, 7) is 6.07. The fourth-order valence-corrected chi connectivity index (χ4v) is 3.71. The minimum Gasteiger partial charge on any atom is -0.334 e. The Morgan fingerprint density at radius 3 is 2.58 bits per heavy atom. The number of nitrogens with one attached hydrogen (secondary N) is 1. The van der Waals surface area contributed by atoms with Crippen LogP contribution < -0.4 is 5.32 Å². The smallest absolute Gasteiger partial charge is 0.317 e. The highest BCUT2D eigenvalue weighted by Crippen LogP contribution is 2.17. The van der Waals surface area contributed by atoms with Crippen molar-refractivity contribution >= 4 is 6.03 Å². The van der Waals surface area contributed by atoms with Gasteiger partial charge < -0.3 is 15.1 Å². The number of likely N-dealkylation sites (N-methyl/N-ethyl adjacent to an activating group) is 1.